The average molecular weight is 358 g/mol. The zero-order valence-corrected chi connectivity index (χ0v) is 16.2. The molecule has 0 aromatic heterocycles. The number of rotatable bonds is 6. The molecule has 1 aromatic carbocycles. The van der Waals surface area contributed by atoms with Crippen LogP contribution in [0.3, 0.4) is 0 Å². The lowest BCUT2D eigenvalue weighted by atomic mass is 10.0. The lowest BCUT2D eigenvalue weighted by Gasteiger charge is -2.40. The minimum Gasteiger partial charge on any atom is -0.476 e. The van der Waals surface area contributed by atoms with Gasteiger partial charge in [-0.3, -0.25) is 9.59 Å². The van der Waals surface area contributed by atoms with Crippen LogP contribution in [-0.4, -0.2) is 48.4 Å². The summed E-state index contributed by atoms with van der Waals surface area (Å²) in [5.41, 5.74) is 0.502. The zero-order valence-electron chi connectivity index (χ0n) is 16.2. The van der Waals surface area contributed by atoms with Crippen LogP contribution < -0.4 is 9.64 Å². The molecule has 0 saturated carbocycles. The number of carbonyl (C=O) groups is 2. The van der Waals surface area contributed by atoms with Gasteiger partial charge in [0.25, 0.3) is 5.91 Å². The Labute approximate surface area is 156 Å². The fourth-order valence-electron chi connectivity index (χ4n) is 3.76. The van der Waals surface area contributed by atoms with Gasteiger partial charge in [-0.1, -0.05) is 13.3 Å². The van der Waals surface area contributed by atoms with E-state index in [-0.39, 0.29) is 11.7 Å². The first-order valence-corrected chi connectivity index (χ1v) is 9.83. The molecule has 2 heterocycles. The number of ketones is 1. The average Bonchev–Trinajstić information content (AvgIpc) is 2.63. The number of anilines is 1. The van der Waals surface area contributed by atoms with Crippen molar-refractivity contribution in [3.63, 3.8) is 0 Å². The second kappa shape index (κ2) is 7.78. The molecule has 1 amide bonds. The molecule has 1 fully saturated rings. The number of nitrogens with zero attached hydrogens (tertiary/aromatic N) is 2. The second-order valence-corrected chi connectivity index (χ2v) is 7.83. The molecule has 0 N–H and O–H groups in total. The summed E-state index contributed by atoms with van der Waals surface area (Å²) in [6.07, 6.45) is 5.10. The van der Waals surface area contributed by atoms with Gasteiger partial charge in [-0.2, -0.15) is 0 Å². The Hall–Kier alpha value is -1.88. The third kappa shape index (κ3) is 3.93. The molecule has 0 spiro atoms. The van der Waals surface area contributed by atoms with E-state index in [0.29, 0.717) is 24.3 Å². The minimum absolute atomic E-state index is 0.0397. The van der Waals surface area contributed by atoms with Crippen molar-refractivity contribution < 1.29 is 14.3 Å². The molecule has 0 unspecified atom stereocenters. The van der Waals surface area contributed by atoms with Crippen molar-refractivity contribution in [1.82, 2.24) is 4.90 Å². The van der Waals surface area contributed by atoms with Crippen LogP contribution in [-0.2, 0) is 4.79 Å². The highest BCUT2D eigenvalue weighted by atomic mass is 16.5. The first-order chi connectivity index (χ1) is 12.4. The molecule has 0 bridgehead atoms. The Bertz CT molecular complexity index is 678. The van der Waals surface area contributed by atoms with Crippen molar-refractivity contribution in [1.29, 1.82) is 0 Å². The van der Waals surface area contributed by atoms with Crippen LogP contribution in [0.15, 0.2) is 18.2 Å². The van der Waals surface area contributed by atoms with Crippen LogP contribution in [0.4, 0.5) is 5.69 Å². The zero-order chi connectivity index (χ0) is 18.7. The van der Waals surface area contributed by atoms with Gasteiger partial charge in [0, 0.05) is 25.1 Å². The summed E-state index contributed by atoms with van der Waals surface area (Å²) >= 11 is 0. The van der Waals surface area contributed by atoms with Gasteiger partial charge >= 0.3 is 0 Å². The maximum Gasteiger partial charge on any atom is 0.270 e. The van der Waals surface area contributed by atoms with E-state index >= 15 is 0 Å². The predicted octanol–water partition coefficient (Wildman–Crippen LogP) is 3.66. The number of fused-ring (bicyclic) bond motifs is 1. The van der Waals surface area contributed by atoms with Gasteiger partial charge < -0.3 is 14.5 Å². The Morgan fingerprint density at radius 3 is 2.58 bits per heavy atom. The first-order valence-electron chi connectivity index (χ1n) is 9.83. The van der Waals surface area contributed by atoms with Crippen LogP contribution in [0, 0.1) is 0 Å². The largest absolute Gasteiger partial charge is 0.476 e. The number of piperidine rings is 1. The molecule has 2 aliphatic rings. The SMILES string of the molecule is CCCC(=O)c1ccc2c(c1)N(CCN1CCCCC1)C(=O)C(C)(C)O2. The van der Waals surface area contributed by atoms with E-state index in [0.717, 1.165) is 31.7 Å². The summed E-state index contributed by atoms with van der Waals surface area (Å²) in [4.78, 5) is 29.5. The normalized spacial score (nSPS) is 19.8. The number of amides is 1. The maximum atomic E-state index is 13.0. The highest BCUT2D eigenvalue weighted by Crippen LogP contribution is 2.38. The van der Waals surface area contributed by atoms with Gasteiger partial charge in [-0.15, -0.1) is 0 Å². The number of ether oxygens (including phenoxy) is 1. The van der Waals surface area contributed by atoms with E-state index in [2.05, 4.69) is 4.90 Å². The summed E-state index contributed by atoms with van der Waals surface area (Å²) in [6.45, 7) is 9.30. The monoisotopic (exact) mass is 358 g/mol. The summed E-state index contributed by atoms with van der Waals surface area (Å²) in [5.74, 6) is 0.756. The van der Waals surface area contributed by atoms with Crippen LogP contribution in [0.1, 0.15) is 63.2 Å². The Morgan fingerprint density at radius 1 is 1.15 bits per heavy atom. The van der Waals surface area contributed by atoms with E-state index in [4.69, 9.17) is 4.74 Å². The molecule has 5 heteroatoms. The highest BCUT2D eigenvalue weighted by molar-refractivity contribution is 6.04. The third-order valence-electron chi connectivity index (χ3n) is 5.26. The van der Waals surface area contributed by atoms with E-state index in [1.165, 1.54) is 19.3 Å². The third-order valence-corrected chi connectivity index (χ3v) is 5.26. The maximum absolute atomic E-state index is 13.0. The molecule has 0 atom stereocenters. The van der Waals surface area contributed by atoms with Gasteiger partial charge in [-0.25, -0.2) is 0 Å². The highest BCUT2D eigenvalue weighted by Gasteiger charge is 2.41. The summed E-state index contributed by atoms with van der Waals surface area (Å²) in [5, 5.41) is 0. The smallest absolute Gasteiger partial charge is 0.270 e. The molecular weight excluding hydrogens is 328 g/mol. The van der Waals surface area contributed by atoms with Gasteiger partial charge in [0.15, 0.2) is 11.4 Å². The molecule has 26 heavy (non-hydrogen) atoms. The number of Topliss-reactive ketones (excluding diaryl/α,β-unsaturated/α-hetero) is 1. The number of carbonyl (C=O) groups excluding carboxylic acids is 2. The fraction of sp³-hybridized carbons (Fsp3) is 0.619. The Balaban J connectivity index is 1.85. The molecule has 0 radical (unpaired) electrons. The van der Waals surface area contributed by atoms with E-state index in [1.807, 2.05) is 43.9 Å². The van der Waals surface area contributed by atoms with Gasteiger partial charge in [-0.05, 0) is 64.4 Å². The summed E-state index contributed by atoms with van der Waals surface area (Å²) < 4.78 is 5.93. The number of likely N-dealkylation sites (tertiary alicyclic amines) is 1. The molecule has 3 rings (SSSR count). The predicted molar refractivity (Wildman–Crippen MR) is 103 cm³/mol. The lowest BCUT2D eigenvalue weighted by Crippen LogP contribution is -2.54. The fourth-order valence-corrected chi connectivity index (χ4v) is 3.76. The van der Waals surface area contributed by atoms with Crippen molar-refractivity contribution in [2.75, 3.05) is 31.1 Å². The lowest BCUT2D eigenvalue weighted by molar-refractivity contribution is -0.132. The molecule has 0 aliphatic carbocycles. The van der Waals surface area contributed by atoms with Crippen molar-refractivity contribution in [3.05, 3.63) is 23.8 Å². The van der Waals surface area contributed by atoms with E-state index in [1.54, 1.807) is 0 Å². The van der Waals surface area contributed by atoms with Gasteiger partial charge in [0.05, 0.1) is 5.69 Å². The Kier molecular flexibility index (Phi) is 5.66. The van der Waals surface area contributed by atoms with E-state index < -0.39 is 5.60 Å². The molecule has 1 saturated heterocycles. The molecular formula is C21H30N2O3. The molecule has 5 nitrogen and oxygen atoms in total. The van der Waals surface area contributed by atoms with E-state index in [9.17, 15) is 9.59 Å². The molecule has 2 aliphatic heterocycles. The number of benzene rings is 1. The standard InChI is InChI=1S/C21H30N2O3/c1-4-8-18(24)16-9-10-19-17(15-16)23(20(25)21(2,3)26-19)14-13-22-11-6-5-7-12-22/h9-10,15H,4-8,11-14H2,1-3H3. The van der Waals surface area contributed by atoms with Crippen molar-refractivity contribution in [2.45, 2.75) is 58.5 Å². The van der Waals surface area contributed by atoms with Crippen LogP contribution in [0.5, 0.6) is 5.75 Å². The molecule has 1 aromatic rings. The Morgan fingerprint density at radius 2 is 1.88 bits per heavy atom. The van der Waals surface area contributed by atoms with Crippen molar-refractivity contribution in [2.24, 2.45) is 0 Å². The van der Waals surface area contributed by atoms with Gasteiger partial charge in [0.2, 0.25) is 0 Å². The van der Waals surface area contributed by atoms with Crippen LogP contribution in [0.25, 0.3) is 0 Å². The minimum atomic E-state index is -0.885. The quantitative estimate of drug-likeness (QED) is 0.728. The second-order valence-electron chi connectivity index (χ2n) is 7.83. The number of hydrogen-bond donors (Lipinski definition) is 0. The van der Waals surface area contributed by atoms with Crippen LogP contribution >= 0.6 is 0 Å². The first kappa shape index (κ1) is 18.9. The summed E-state index contributed by atoms with van der Waals surface area (Å²) in [7, 11) is 0. The van der Waals surface area contributed by atoms with Crippen molar-refractivity contribution in [3.8, 4) is 5.75 Å². The van der Waals surface area contributed by atoms with Crippen molar-refractivity contribution >= 4 is 17.4 Å². The summed E-state index contributed by atoms with van der Waals surface area (Å²) in [6, 6.07) is 5.47. The number of hydrogen-bond acceptors (Lipinski definition) is 4. The van der Waals surface area contributed by atoms with Crippen LogP contribution in [0.2, 0.25) is 0 Å². The molecule has 142 valence electrons. The van der Waals surface area contributed by atoms with Gasteiger partial charge in [0.1, 0.15) is 5.75 Å². The topological polar surface area (TPSA) is 49.9 Å².